The summed E-state index contributed by atoms with van der Waals surface area (Å²) in [5, 5.41) is 16.5. The normalized spacial score (nSPS) is 13.2. The maximum atomic E-state index is 12.7. The number of hydrogen-bond donors (Lipinski definition) is 7. The summed E-state index contributed by atoms with van der Waals surface area (Å²) in [6.07, 6.45) is 2.27. The van der Waals surface area contributed by atoms with Crippen molar-refractivity contribution in [1.82, 2.24) is 16.0 Å². The van der Waals surface area contributed by atoms with Gasteiger partial charge >= 0.3 is 5.97 Å². The zero-order valence-electron chi connectivity index (χ0n) is 18.3. The number of amides is 3. The number of nitrogens with one attached hydrogen (secondary N) is 3. The molecule has 0 bridgehead atoms. The highest BCUT2D eigenvalue weighted by Gasteiger charge is 2.25. The summed E-state index contributed by atoms with van der Waals surface area (Å²) < 4.78 is 0. The molecule has 0 fully saturated rings. The number of unbranched alkanes of at least 4 members (excludes halogenated alkanes) is 1. The molecule has 0 aliphatic carbocycles. The van der Waals surface area contributed by atoms with Gasteiger partial charge < -0.3 is 43.1 Å². The molecule has 0 radical (unpaired) electrons. The van der Waals surface area contributed by atoms with Crippen LogP contribution < -0.4 is 33.2 Å². The van der Waals surface area contributed by atoms with Gasteiger partial charge in [0, 0.05) is 26.4 Å². The van der Waals surface area contributed by atoms with Crippen LogP contribution >= 0.6 is 0 Å². The molecule has 0 aromatic rings. The Morgan fingerprint density at radius 1 is 1.00 bits per heavy atom. The smallest absolute Gasteiger partial charge is 0.303 e. The van der Waals surface area contributed by atoms with Gasteiger partial charge in [0.15, 0.2) is 5.96 Å². The van der Waals surface area contributed by atoms with Gasteiger partial charge in [-0.3, -0.25) is 24.2 Å². The molecule has 10 N–H and O–H groups in total. The van der Waals surface area contributed by atoms with Crippen molar-refractivity contribution in [2.75, 3.05) is 13.1 Å². The van der Waals surface area contributed by atoms with Crippen LogP contribution in [-0.2, 0) is 24.0 Å². The largest absolute Gasteiger partial charge is 0.481 e. The van der Waals surface area contributed by atoms with Crippen LogP contribution in [0.5, 0.6) is 0 Å². The Kier molecular flexibility index (Phi) is 14.8. The summed E-state index contributed by atoms with van der Waals surface area (Å²) in [7, 11) is 0. The Morgan fingerprint density at radius 2 is 1.69 bits per heavy atom. The molecule has 13 nitrogen and oxygen atoms in total. The summed E-state index contributed by atoms with van der Waals surface area (Å²) in [6, 6.07) is -2.87. The van der Waals surface area contributed by atoms with Gasteiger partial charge in [-0.25, -0.2) is 0 Å². The molecule has 0 saturated carbocycles. The van der Waals surface area contributed by atoms with Crippen molar-refractivity contribution < 1.29 is 29.1 Å². The van der Waals surface area contributed by atoms with E-state index in [-0.39, 0.29) is 31.1 Å². The van der Waals surface area contributed by atoms with E-state index in [1.54, 1.807) is 0 Å². The minimum atomic E-state index is -1.10. The standard InChI is InChI=1S/C19H35N7O6/c1-12(28)23-9-3-2-6-15(26-17(31)14(20)7-8-16(29)30)18(32)25-13(11-27)5-4-10-24-19(21)22/h11,13-15H,2-10,20H2,1H3,(H,23,28)(H,25,32)(H,26,31)(H,29,30)(H4,21,22,24)/t13-,14-,15-/m0/s1. The van der Waals surface area contributed by atoms with E-state index in [2.05, 4.69) is 20.9 Å². The highest BCUT2D eigenvalue weighted by Crippen LogP contribution is 2.05. The van der Waals surface area contributed by atoms with Gasteiger partial charge in [-0.15, -0.1) is 0 Å². The predicted octanol–water partition coefficient (Wildman–Crippen LogP) is -2.29. The summed E-state index contributed by atoms with van der Waals surface area (Å²) in [6.45, 7) is 2.10. The van der Waals surface area contributed by atoms with Crippen molar-refractivity contribution in [3.8, 4) is 0 Å². The molecule has 0 aromatic heterocycles. The number of aliphatic imine (C=N–C) groups is 1. The quantitative estimate of drug-likeness (QED) is 0.0538. The first-order valence-corrected chi connectivity index (χ1v) is 10.4. The second-order valence-electron chi connectivity index (χ2n) is 7.28. The van der Waals surface area contributed by atoms with Gasteiger partial charge in [0.05, 0.1) is 12.1 Å². The third-order valence-corrected chi connectivity index (χ3v) is 4.39. The van der Waals surface area contributed by atoms with Crippen LogP contribution in [0.1, 0.15) is 51.9 Å². The van der Waals surface area contributed by atoms with Crippen LogP contribution in [0, 0.1) is 0 Å². The number of nitrogens with two attached hydrogens (primary N) is 3. The van der Waals surface area contributed by atoms with Gasteiger partial charge in [0.1, 0.15) is 12.3 Å². The molecule has 0 saturated heterocycles. The second-order valence-corrected chi connectivity index (χ2v) is 7.28. The monoisotopic (exact) mass is 457 g/mol. The van der Waals surface area contributed by atoms with Gasteiger partial charge in [-0.1, -0.05) is 0 Å². The lowest BCUT2D eigenvalue weighted by molar-refractivity contribution is -0.137. The van der Waals surface area contributed by atoms with Crippen LogP contribution in [0.2, 0.25) is 0 Å². The Morgan fingerprint density at radius 3 is 2.25 bits per heavy atom. The molecule has 13 heteroatoms. The first-order valence-electron chi connectivity index (χ1n) is 10.4. The topological polar surface area (TPSA) is 232 Å². The highest BCUT2D eigenvalue weighted by molar-refractivity contribution is 5.90. The number of carbonyl (C=O) groups excluding carboxylic acids is 4. The maximum absolute atomic E-state index is 12.7. The molecule has 0 rings (SSSR count). The zero-order valence-corrected chi connectivity index (χ0v) is 18.3. The Balaban J connectivity index is 4.92. The maximum Gasteiger partial charge on any atom is 0.303 e. The molecule has 182 valence electrons. The lowest BCUT2D eigenvalue weighted by Gasteiger charge is -2.22. The van der Waals surface area contributed by atoms with E-state index >= 15 is 0 Å². The summed E-state index contributed by atoms with van der Waals surface area (Å²) >= 11 is 0. The molecular weight excluding hydrogens is 422 g/mol. The lowest BCUT2D eigenvalue weighted by atomic mass is 10.1. The SMILES string of the molecule is CC(=O)NCCCC[C@H](NC(=O)[C@@H](N)CCC(=O)O)C(=O)N[C@H](C=O)CCCN=C(N)N. The average Bonchev–Trinajstić information content (AvgIpc) is 2.72. The molecule has 0 aliphatic rings. The minimum absolute atomic E-state index is 0.0713. The van der Waals surface area contributed by atoms with Gasteiger partial charge in [-0.2, -0.15) is 0 Å². The number of carboxylic acid groups (broad SMARTS) is 1. The highest BCUT2D eigenvalue weighted by atomic mass is 16.4. The van der Waals surface area contributed by atoms with Crippen LogP contribution in [0.15, 0.2) is 4.99 Å². The molecule has 3 amide bonds. The van der Waals surface area contributed by atoms with Crippen LogP contribution in [0.25, 0.3) is 0 Å². The number of carbonyl (C=O) groups is 5. The fourth-order valence-corrected chi connectivity index (χ4v) is 2.67. The lowest BCUT2D eigenvalue weighted by Crippen LogP contribution is -2.53. The van der Waals surface area contributed by atoms with E-state index in [9.17, 15) is 24.0 Å². The van der Waals surface area contributed by atoms with E-state index in [0.717, 1.165) is 0 Å². The zero-order chi connectivity index (χ0) is 24.5. The number of aliphatic carboxylic acids is 1. The number of nitrogens with zero attached hydrogens (tertiary/aromatic N) is 1. The van der Waals surface area contributed by atoms with Crippen LogP contribution in [0.3, 0.4) is 0 Å². The van der Waals surface area contributed by atoms with Crippen LogP contribution in [-0.4, -0.2) is 72.3 Å². The number of hydrogen-bond acceptors (Lipinski definition) is 7. The fraction of sp³-hybridized carbons (Fsp3) is 0.684. The third-order valence-electron chi connectivity index (χ3n) is 4.39. The predicted molar refractivity (Wildman–Crippen MR) is 117 cm³/mol. The molecule has 0 aromatic carbocycles. The van der Waals surface area contributed by atoms with E-state index < -0.39 is 35.9 Å². The van der Waals surface area contributed by atoms with Crippen molar-refractivity contribution in [1.29, 1.82) is 0 Å². The number of guanidine groups is 1. The summed E-state index contributed by atoms with van der Waals surface area (Å²) in [5.74, 6) is -2.56. The van der Waals surface area contributed by atoms with E-state index in [4.69, 9.17) is 22.3 Å². The summed E-state index contributed by atoms with van der Waals surface area (Å²) in [4.78, 5) is 61.7. The molecule has 0 aliphatic heterocycles. The molecule has 0 spiro atoms. The first-order chi connectivity index (χ1) is 15.1. The molecule has 0 unspecified atom stereocenters. The molecule has 32 heavy (non-hydrogen) atoms. The number of carboxylic acids is 1. The summed E-state index contributed by atoms with van der Waals surface area (Å²) in [5.41, 5.74) is 16.2. The van der Waals surface area contributed by atoms with Crippen LogP contribution in [0.4, 0.5) is 0 Å². The Bertz CT molecular complexity index is 667. The van der Waals surface area contributed by atoms with E-state index in [1.165, 1.54) is 6.92 Å². The van der Waals surface area contributed by atoms with Crippen molar-refractivity contribution >= 4 is 35.9 Å². The van der Waals surface area contributed by atoms with Gasteiger partial charge in [0.25, 0.3) is 0 Å². The molecule has 0 heterocycles. The minimum Gasteiger partial charge on any atom is -0.481 e. The number of rotatable bonds is 17. The van der Waals surface area contributed by atoms with E-state index in [1.807, 2.05) is 0 Å². The second kappa shape index (κ2) is 16.5. The van der Waals surface area contributed by atoms with Crippen molar-refractivity contribution in [3.05, 3.63) is 0 Å². The van der Waals surface area contributed by atoms with Crippen molar-refractivity contribution in [3.63, 3.8) is 0 Å². The van der Waals surface area contributed by atoms with E-state index in [0.29, 0.717) is 45.1 Å². The Labute approximate surface area is 186 Å². The number of aldehydes is 1. The Hall–Kier alpha value is -3.22. The third kappa shape index (κ3) is 14.7. The first kappa shape index (κ1) is 28.8. The van der Waals surface area contributed by atoms with Crippen molar-refractivity contribution in [2.45, 2.75) is 70.0 Å². The van der Waals surface area contributed by atoms with Crippen molar-refractivity contribution in [2.24, 2.45) is 22.2 Å². The fourth-order valence-electron chi connectivity index (χ4n) is 2.67. The van der Waals surface area contributed by atoms with Gasteiger partial charge in [0.2, 0.25) is 17.7 Å². The average molecular weight is 458 g/mol. The van der Waals surface area contributed by atoms with Gasteiger partial charge in [-0.05, 0) is 38.5 Å². The molecular formula is C19H35N7O6. The molecule has 3 atom stereocenters.